The number of carbonyl (C=O) groups is 2. The molecule has 0 N–H and O–H groups in total. The number of hydrogen-bond acceptors (Lipinski definition) is 3. The second kappa shape index (κ2) is 7.66. The molecule has 1 aliphatic heterocycles. The van der Waals surface area contributed by atoms with Crippen LogP contribution in [0.15, 0.2) is 48.5 Å². The lowest BCUT2D eigenvalue weighted by Crippen LogP contribution is -2.25. The normalized spacial score (nSPS) is 17.0. The molecular weight excluding hydrogens is 345 g/mol. The summed E-state index contributed by atoms with van der Waals surface area (Å²) in [6.07, 6.45) is 0.318. The number of hydrogen-bond donors (Lipinski definition) is 0. The molecule has 2 aromatic rings. The van der Waals surface area contributed by atoms with Gasteiger partial charge in [0.2, 0.25) is 5.91 Å². The second-order valence-corrected chi connectivity index (χ2v) is 6.44. The quantitative estimate of drug-likeness (QED) is 0.763. The first-order chi connectivity index (χ1) is 12.0. The molecule has 1 saturated heterocycles. The van der Waals surface area contributed by atoms with Gasteiger partial charge >= 0.3 is 5.97 Å². The molecule has 0 saturated carbocycles. The van der Waals surface area contributed by atoms with Crippen molar-refractivity contribution in [3.05, 3.63) is 70.5 Å². The highest BCUT2D eigenvalue weighted by Gasteiger charge is 2.30. The van der Waals surface area contributed by atoms with Crippen molar-refractivity contribution in [1.82, 2.24) is 4.90 Å². The summed E-state index contributed by atoms with van der Waals surface area (Å²) >= 11 is 5.67. The summed E-state index contributed by atoms with van der Waals surface area (Å²) in [5.41, 5.74) is 0.854. The Labute approximate surface area is 150 Å². The van der Waals surface area contributed by atoms with Crippen molar-refractivity contribution in [2.45, 2.75) is 13.0 Å². The van der Waals surface area contributed by atoms with E-state index in [4.69, 9.17) is 16.3 Å². The van der Waals surface area contributed by atoms with Gasteiger partial charge in [-0.2, -0.15) is 0 Å². The van der Waals surface area contributed by atoms with Crippen LogP contribution in [0.5, 0.6) is 0 Å². The van der Waals surface area contributed by atoms with Crippen molar-refractivity contribution < 1.29 is 18.7 Å². The molecule has 4 nitrogen and oxygen atoms in total. The van der Waals surface area contributed by atoms with Crippen molar-refractivity contribution in [3.63, 3.8) is 0 Å². The fourth-order valence-corrected chi connectivity index (χ4v) is 3.03. The number of likely N-dealkylation sites (tertiary alicyclic amines) is 1. The number of ether oxygens (including phenoxy) is 1. The standard InChI is InChI=1S/C19H17ClFNO3/c20-16-8-4-7-15(18(16)21)19(24)25-12-14-9-17(23)22(11-14)10-13-5-2-1-3-6-13/h1-8,14H,9-12H2. The summed E-state index contributed by atoms with van der Waals surface area (Å²) in [6, 6.07) is 13.9. The van der Waals surface area contributed by atoms with Crippen molar-refractivity contribution in [2.24, 2.45) is 5.92 Å². The zero-order valence-electron chi connectivity index (χ0n) is 13.5. The largest absolute Gasteiger partial charge is 0.462 e. The fraction of sp³-hybridized carbons (Fsp3) is 0.263. The molecular formula is C19H17ClFNO3. The topological polar surface area (TPSA) is 46.6 Å². The van der Waals surface area contributed by atoms with Crippen molar-refractivity contribution in [3.8, 4) is 0 Å². The molecule has 1 atom stereocenters. The van der Waals surface area contributed by atoms with E-state index in [1.165, 1.54) is 18.2 Å². The molecule has 0 aromatic heterocycles. The van der Waals surface area contributed by atoms with Gasteiger partial charge in [0, 0.05) is 25.4 Å². The van der Waals surface area contributed by atoms with Crippen LogP contribution >= 0.6 is 11.6 Å². The molecule has 0 radical (unpaired) electrons. The van der Waals surface area contributed by atoms with Crippen LogP contribution in [0.2, 0.25) is 5.02 Å². The van der Waals surface area contributed by atoms with Gasteiger partial charge < -0.3 is 9.64 Å². The zero-order valence-corrected chi connectivity index (χ0v) is 14.2. The number of carbonyl (C=O) groups excluding carboxylic acids is 2. The molecule has 6 heteroatoms. The minimum Gasteiger partial charge on any atom is -0.462 e. The Morgan fingerprint density at radius 2 is 1.96 bits per heavy atom. The Bertz CT molecular complexity index is 781. The molecule has 0 spiro atoms. The maximum absolute atomic E-state index is 13.8. The molecule has 0 bridgehead atoms. The summed E-state index contributed by atoms with van der Waals surface area (Å²) < 4.78 is 19.0. The van der Waals surface area contributed by atoms with E-state index in [9.17, 15) is 14.0 Å². The molecule has 1 fully saturated rings. The first-order valence-corrected chi connectivity index (χ1v) is 8.35. The molecule has 1 amide bonds. The van der Waals surface area contributed by atoms with E-state index >= 15 is 0 Å². The van der Waals surface area contributed by atoms with Crippen LogP contribution in [0.4, 0.5) is 4.39 Å². The Morgan fingerprint density at radius 3 is 2.72 bits per heavy atom. The molecule has 1 aliphatic rings. The predicted molar refractivity (Wildman–Crippen MR) is 91.7 cm³/mol. The SMILES string of the molecule is O=C(OCC1CC(=O)N(Cc2ccccc2)C1)c1cccc(Cl)c1F. The van der Waals surface area contributed by atoms with Crippen LogP contribution in [0.1, 0.15) is 22.3 Å². The average molecular weight is 362 g/mol. The van der Waals surface area contributed by atoms with E-state index in [1.54, 1.807) is 4.90 Å². The number of benzene rings is 2. The third-order valence-corrected chi connectivity index (χ3v) is 4.42. The van der Waals surface area contributed by atoms with Gasteiger partial charge in [-0.15, -0.1) is 0 Å². The molecule has 2 aromatic carbocycles. The number of rotatable bonds is 5. The van der Waals surface area contributed by atoms with Gasteiger partial charge in [0.1, 0.15) is 0 Å². The van der Waals surface area contributed by atoms with Gasteiger partial charge in [-0.3, -0.25) is 4.79 Å². The Balaban J connectivity index is 1.55. The van der Waals surface area contributed by atoms with Crippen LogP contribution < -0.4 is 0 Å². The van der Waals surface area contributed by atoms with Crippen LogP contribution in [0.25, 0.3) is 0 Å². The molecule has 1 heterocycles. The summed E-state index contributed by atoms with van der Waals surface area (Å²) in [4.78, 5) is 25.9. The average Bonchev–Trinajstić information content (AvgIpc) is 2.96. The van der Waals surface area contributed by atoms with E-state index in [0.29, 0.717) is 19.5 Å². The maximum atomic E-state index is 13.8. The van der Waals surface area contributed by atoms with Crippen molar-refractivity contribution in [2.75, 3.05) is 13.2 Å². The van der Waals surface area contributed by atoms with Crippen LogP contribution in [0, 0.1) is 11.7 Å². The number of nitrogens with zero attached hydrogens (tertiary/aromatic N) is 1. The molecule has 1 unspecified atom stereocenters. The highest BCUT2D eigenvalue weighted by molar-refractivity contribution is 6.31. The monoisotopic (exact) mass is 361 g/mol. The first kappa shape index (κ1) is 17.4. The summed E-state index contributed by atoms with van der Waals surface area (Å²) in [6.45, 7) is 1.12. The maximum Gasteiger partial charge on any atom is 0.341 e. The van der Waals surface area contributed by atoms with Crippen LogP contribution in [-0.4, -0.2) is 29.9 Å². The van der Waals surface area contributed by atoms with E-state index < -0.39 is 11.8 Å². The number of esters is 1. The van der Waals surface area contributed by atoms with Gasteiger partial charge in [0.05, 0.1) is 17.2 Å². The molecule has 3 rings (SSSR count). The minimum absolute atomic E-state index is 0.0267. The van der Waals surface area contributed by atoms with Gasteiger partial charge in [0.15, 0.2) is 5.82 Å². The highest BCUT2D eigenvalue weighted by Crippen LogP contribution is 2.22. The third-order valence-electron chi connectivity index (χ3n) is 4.13. The fourth-order valence-electron chi connectivity index (χ4n) is 2.85. The van der Waals surface area contributed by atoms with Gasteiger partial charge in [-0.25, -0.2) is 9.18 Å². The number of halogens is 2. The zero-order chi connectivity index (χ0) is 17.8. The molecule has 25 heavy (non-hydrogen) atoms. The second-order valence-electron chi connectivity index (χ2n) is 6.03. The van der Waals surface area contributed by atoms with Crippen molar-refractivity contribution in [1.29, 1.82) is 0 Å². The predicted octanol–water partition coefficient (Wildman–Crippen LogP) is 3.68. The summed E-state index contributed by atoms with van der Waals surface area (Å²) in [5, 5.41) is -0.125. The Morgan fingerprint density at radius 1 is 1.20 bits per heavy atom. The van der Waals surface area contributed by atoms with Crippen LogP contribution in [0.3, 0.4) is 0 Å². The van der Waals surface area contributed by atoms with Crippen LogP contribution in [-0.2, 0) is 16.1 Å². The third kappa shape index (κ3) is 4.17. The van der Waals surface area contributed by atoms with E-state index in [1.807, 2.05) is 30.3 Å². The lowest BCUT2D eigenvalue weighted by Gasteiger charge is -2.16. The smallest absolute Gasteiger partial charge is 0.341 e. The van der Waals surface area contributed by atoms with E-state index in [0.717, 1.165) is 5.56 Å². The Hall–Kier alpha value is -2.40. The first-order valence-electron chi connectivity index (χ1n) is 7.97. The molecule has 0 aliphatic carbocycles. The molecule has 130 valence electrons. The lowest BCUT2D eigenvalue weighted by atomic mass is 10.1. The number of amides is 1. The lowest BCUT2D eigenvalue weighted by molar-refractivity contribution is -0.128. The summed E-state index contributed by atoms with van der Waals surface area (Å²) in [5.74, 6) is -1.63. The minimum atomic E-state index is -0.789. The van der Waals surface area contributed by atoms with Crippen molar-refractivity contribution >= 4 is 23.5 Å². The highest BCUT2D eigenvalue weighted by atomic mass is 35.5. The van der Waals surface area contributed by atoms with Gasteiger partial charge in [-0.05, 0) is 17.7 Å². The van der Waals surface area contributed by atoms with E-state index in [-0.39, 0.29) is 29.0 Å². The van der Waals surface area contributed by atoms with Gasteiger partial charge in [-0.1, -0.05) is 48.0 Å². The van der Waals surface area contributed by atoms with Gasteiger partial charge in [0.25, 0.3) is 0 Å². The van der Waals surface area contributed by atoms with E-state index in [2.05, 4.69) is 0 Å². The summed E-state index contributed by atoms with van der Waals surface area (Å²) in [7, 11) is 0. The Kier molecular flexibility index (Phi) is 5.34.